The minimum Gasteiger partial charge on any atom is -0.354 e. The lowest BCUT2D eigenvalue weighted by molar-refractivity contribution is -0.384. The monoisotopic (exact) mass is 620 g/mol. The molecule has 0 radical (unpaired) electrons. The number of sulfonamides is 1. The first-order valence-electron chi connectivity index (χ1n) is 12.8. The van der Waals surface area contributed by atoms with Crippen LogP contribution in [0.15, 0.2) is 77.7 Å². The van der Waals surface area contributed by atoms with Gasteiger partial charge in [0.05, 0.1) is 15.5 Å². The highest BCUT2D eigenvalue weighted by Gasteiger charge is 2.34. The van der Waals surface area contributed by atoms with Crippen molar-refractivity contribution in [3.8, 4) is 0 Å². The van der Waals surface area contributed by atoms with Gasteiger partial charge in [-0.2, -0.15) is 0 Å². The van der Waals surface area contributed by atoms with Crippen LogP contribution < -0.4 is 9.62 Å². The van der Waals surface area contributed by atoms with Gasteiger partial charge in [-0.3, -0.25) is 24.0 Å². The van der Waals surface area contributed by atoms with Gasteiger partial charge >= 0.3 is 0 Å². The van der Waals surface area contributed by atoms with E-state index in [1.807, 2.05) is 6.92 Å². The average molecular weight is 622 g/mol. The van der Waals surface area contributed by atoms with Gasteiger partial charge in [0.2, 0.25) is 11.8 Å². The van der Waals surface area contributed by atoms with Crippen LogP contribution >= 0.6 is 23.2 Å². The van der Waals surface area contributed by atoms with E-state index in [0.717, 1.165) is 16.4 Å². The Balaban J connectivity index is 2.10. The first-order valence-corrected chi connectivity index (χ1v) is 15.0. The molecule has 0 aliphatic heterocycles. The lowest BCUT2D eigenvalue weighted by Gasteiger charge is -2.33. The third-order valence-electron chi connectivity index (χ3n) is 6.28. The Hall–Kier alpha value is -3.67. The maximum Gasteiger partial charge on any atom is 0.269 e. The normalized spacial score (nSPS) is 11.9. The molecule has 0 saturated heterocycles. The van der Waals surface area contributed by atoms with Crippen molar-refractivity contribution in [3.63, 3.8) is 0 Å². The number of rotatable bonds is 13. The van der Waals surface area contributed by atoms with E-state index < -0.39 is 39.3 Å². The minimum atomic E-state index is -4.31. The molecule has 2 amide bonds. The molecule has 0 bridgehead atoms. The molecular formula is C28H30Cl2N4O6S. The second-order valence-electron chi connectivity index (χ2n) is 9.04. The molecule has 0 aromatic heterocycles. The van der Waals surface area contributed by atoms with Crippen molar-refractivity contribution in [1.29, 1.82) is 0 Å². The number of nitrogens with one attached hydrogen (secondary N) is 1. The summed E-state index contributed by atoms with van der Waals surface area (Å²) in [6.45, 7) is 3.16. The van der Waals surface area contributed by atoms with E-state index in [-0.39, 0.29) is 39.3 Å². The Morgan fingerprint density at radius 1 is 0.951 bits per heavy atom. The maximum atomic E-state index is 14.0. The van der Waals surface area contributed by atoms with Gasteiger partial charge in [0.15, 0.2) is 0 Å². The third kappa shape index (κ3) is 7.75. The summed E-state index contributed by atoms with van der Waals surface area (Å²) in [6, 6.07) is 16.2. The number of anilines is 1. The summed E-state index contributed by atoms with van der Waals surface area (Å²) in [5.74, 6) is -1.10. The third-order valence-corrected chi connectivity index (χ3v) is 8.78. The summed E-state index contributed by atoms with van der Waals surface area (Å²) in [5.41, 5.74) is 0.191. The van der Waals surface area contributed by atoms with E-state index in [9.17, 15) is 28.1 Å². The van der Waals surface area contributed by atoms with Crippen molar-refractivity contribution in [2.75, 3.05) is 17.4 Å². The van der Waals surface area contributed by atoms with Crippen LogP contribution in [0.2, 0.25) is 10.0 Å². The van der Waals surface area contributed by atoms with E-state index in [2.05, 4.69) is 5.32 Å². The molecule has 3 aromatic rings. The molecule has 218 valence electrons. The first-order chi connectivity index (χ1) is 19.5. The van der Waals surface area contributed by atoms with Crippen LogP contribution in [0.5, 0.6) is 0 Å². The summed E-state index contributed by atoms with van der Waals surface area (Å²) >= 11 is 12.8. The van der Waals surface area contributed by atoms with Gasteiger partial charge in [0.25, 0.3) is 15.7 Å². The smallest absolute Gasteiger partial charge is 0.269 e. The maximum absolute atomic E-state index is 14.0. The van der Waals surface area contributed by atoms with Crippen molar-refractivity contribution < 1.29 is 22.9 Å². The van der Waals surface area contributed by atoms with E-state index >= 15 is 0 Å². The molecule has 3 rings (SSSR count). The number of amides is 2. The zero-order valence-corrected chi connectivity index (χ0v) is 24.8. The highest BCUT2D eigenvalue weighted by molar-refractivity contribution is 7.92. The number of nitro groups is 1. The van der Waals surface area contributed by atoms with Gasteiger partial charge < -0.3 is 10.2 Å². The van der Waals surface area contributed by atoms with Crippen molar-refractivity contribution in [1.82, 2.24) is 10.2 Å². The SMILES string of the molecule is CCCNC(=O)C(CC)N(Cc1c(Cl)cccc1Cl)C(=O)CN(c1ccc([N+](=O)[O-])cc1)S(=O)(=O)c1ccccc1. The molecule has 0 fully saturated rings. The fourth-order valence-corrected chi connectivity index (χ4v) is 6.08. The Kier molecular flexibility index (Phi) is 11.1. The van der Waals surface area contributed by atoms with Crippen molar-refractivity contribution in [2.24, 2.45) is 0 Å². The molecule has 0 heterocycles. The van der Waals surface area contributed by atoms with Crippen molar-refractivity contribution in [3.05, 3.63) is 98.5 Å². The second-order valence-corrected chi connectivity index (χ2v) is 11.7. The highest BCUT2D eigenvalue weighted by Crippen LogP contribution is 2.29. The Bertz CT molecular complexity index is 1470. The fourth-order valence-electron chi connectivity index (χ4n) is 4.13. The number of halogens is 2. The molecule has 1 atom stereocenters. The molecule has 0 aliphatic carbocycles. The van der Waals surface area contributed by atoms with Crippen LogP contribution in [0.1, 0.15) is 32.3 Å². The Morgan fingerprint density at radius 2 is 1.56 bits per heavy atom. The summed E-state index contributed by atoms with van der Waals surface area (Å²) in [4.78, 5) is 38.9. The van der Waals surface area contributed by atoms with Crippen LogP contribution in [0.25, 0.3) is 0 Å². The molecule has 41 heavy (non-hydrogen) atoms. The van der Waals surface area contributed by atoms with Crippen LogP contribution in [-0.4, -0.2) is 49.2 Å². The quantitative estimate of drug-likeness (QED) is 0.200. The van der Waals surface area contributed by atoms with Gasteiger partial charge in [-0.1, -0.05) is 61.3 Å². The molecule has 0 saturated carbocycles. The molecule has 10 nitrogen and oxygen atoms in total. The lowest BCUT2D eigenvalue weighted by atomic mass is 10.1. The number of carbonyl (C=O) groups excluding carboxylic acids is 2. The number of hydrogen-bond donors (Lipinski definition) is 1. The molecular weight excluding hydrogens is 591 g/mol. The molecule has 3 aromatic carbocycles. The van der Waals surface area contributed by atoms with Crippen LogP contribution in [0, 0.1) is 10.1 Å². The van der Waals surface area contributed by atoms with Crippen LogP contribution in [0.3, 0.4) is 0 Å². The lowest BCUT2D eigenvalue weighted by Crippen LogP contribution is -2.52. The topological polar surface area (TPSA) is 130 Å². The number of hydrogen-bond acceptors (Lipinski definition) is 6. The molecule has 1 N–H and O–H groups in total. The average Bonchev–Trinajstić information content (AvgIpc) is 2.96. The molecule has 0 aliphatic rings. The summed E-state index contributed by atoms with van der Waals surface area (Å²) < 4.78 is 28.4. The Morgan fingerprint density at radius 3 is 2.10 bits per heavy atom. The molecule has 0 spiro atoms. The fraction of sp³-hybridized carbons (Fsp3) is 0.286. The number of benzene rings is 3. The Labute approximate surface area is 249 Å². The predicted molar refractivity (Wildman–Crippen MR) is 158 cm³/mol. The molecule has 13 heteroatoms. The number of carbonyl (C=O) groups is 2. The number of nitrogens with zero attached hydrogens (tertiary/aromatic N) is 3. The van der Waals surface area contributed by atoms with Gasteiger partial charge in [-0.15, -0.1) is 0 Å². The van der Waals surface area contributed by atoms with E-state index in [4.69, 9.17) is 23.2 Å². The van der Waals surface area contributed by atoms with E-state index in [0.29, 0.717) is 18.5 Å². The van der Waals surface area contributed by atoms with Crippen molar-refractivity contribution in [2.45, 2.75) is 44.2 Å². The summed E-state index contributed by atoms with van der Waals surface area (Å²) in [6.07, 6.45) is 0.905. The highest BCUT2D eigenvalue weighted by atomic mass is 35.5. The standard InChI is InChI=1S/C28H30Cl2N4O6S/c1-3-17-31-28(36)26(4-2)32(18-23-24(29)11-8-12-25(23)30)27(35)19-33(20-13-15-21(16-14-20)34(37)38)41(39,40)22-9-6-5-7-10-22/h5-16,26H,3-4,17-19H2,1-2H3,(H,31,36). The zero-order chi connectivity index (χ0) is 30.2. The van der Waals surface area contributed by atoms with Gasteiger partial charge in [0, 0.05) is 40.8 Å². The van der Waals surface area contributed by atoms with Gasteiger partial charge in [0.1, 0.15) is 12.6 Å². The second kappa shape index (κ2) is 14.3. The largest absolute Gasteiger partial charge is 0.354 e. The minimum absolute atomic E-state index is 0.0343. The number of non-ortho nitro benzene ring substituents is 1. The number of nitro benzene ring substituents is 1. The molecule has 1 unspecified atom stereocenters. The van der Waals surface area contributed by atoms with Crippen molar-refractivity contribution >= 4 is 56.4 Å². The zero-order valence-electron chi connectivity index (χ0n) is 22.5. The summed E-state index contributed by atoms with van der Waals surface area (Å²) in [7, 11) is -4.31. The van der Waals surface area contributed by atoms with Crippen LogP contribution in [-0.2, 0) is 26.2 Å². The van der Waals surface area contributed by atoms with Gasteiger partial charge in [-0.05, 0) is 49.2 Å². The van der Waals surface area contributed by atoms with E-state index in [1.54, 1.807) is 43.3 Å². The van der Waals surface area contributed by atoms with E-state index in [1.165, 1.54) is 29.2 Å². The first kappa shape index (κ1) is 31.9. The predicted octanol–water partition coefficient (Wildman–Crippen LogP) is 5.43. The summed E-state index contributed by atoms with van der Waals surface area (Å²) in [5, 5.41) is 14.6. The van der Waals surface area contributed by atoms with Gasteiger partial charge in [-0.25, -0.2) is 8.42 Å². The van der Waals surface area contributed by atoms with Crippen LogP contribution in [0.4, 0.5) is 11.4 Å².